The van der Waals surface area contributed by atoms with Gasteiger partial charge in [-0.15, -0.1) is 0 Å². The number of non-ortho nitro benzene ring substituents is 1. The van der Waals surface area contributed by atoms with E-state index in [1.807, 2.05) is 0 Å². The van der Waals surface area contributed by atoms with E-state index < -0.39 is 28.5 Å². The molecular formula is C16H14F2N2O3. The first-order chi connectivity index (χ1) is 10.8. The van der Waals surface area contributed by atoms with Crippen LogP contribution >= 0.6 is 0 Å². The van der Waals surface area contributed by atoms with Crippen molar-refractivity contribution < 1.29 is 18.5 Å². The van der Waals surface area contributed by atoms with Crippen LogP contribution in [-0.4, -0.2) is 22.8 Å². The fourth-order valence-electron chi connectivity index (χ4n) is 2.13. The van der Waals surface area contributed by atoms with Crippen molar-refractivity contribution >= 4 is 11.6 Å². The van der Waals surface area contributed by atoms with Crippen LogP contribution in [0.4, 0.5) is 14.5 Å². The summed E-state index contributed by atoms with van der Waals surface area (Å²) in [6, 6.07) is 8.34. The summed E-state index contributed by atoms with van der Waals surface area (Å²) in [6.45, 7) is 1.69. The second-order valence-corrected chi connectivity index (χ2v) is 5.07. The first-order valence-electron chi connectivity index (χ1n) is 6.78. The van der Waals surface area contributed by atoms with Crippen molar-refractivity contribution in [1.29, 1.82) is 0 Å². The number of carbonyl (C=O) groups is 1. The van der Waals surface area contributed by atoms with E-state index in [-0.39, 0.29) is 11.3 Å². The summed E-state index contributed by atoms with van der Waals surface area (Å²) in [4.78, 5) is 24.0. The molecule has 2 aromatic rings. The van der Waals surface area contributed by atoms with Gasteiger partial charge in [0.2, 0.25) is 0 Å². The first kappa shape index (κ1) is 16.5. The Morgan fingerprint density at radius 2 is 1.87 bits per heavy atom. The number of hydrogen-bond donors (Lipinski definition) is 0. The molecule has 1 amide bonds. The third-order valence-electron chi connectivity index (χ3n) is 3.63. The van der Waals surface area contributed by atoms with Crippen molar-refractivity contribution in [2.75, 3.05) is 7.05 Å². The zero-order valence-corrected chi connectivity index (χ0v) is 12.5. The molecule has 2 aromatic carbocycles. The zero-order valence-electron chi connectivity index (χ0n) is 12.5. The van der Waals surface area contributed by atoms with E-state index in [0.717, 1.165) is 12.1 Å². The largest absolute Gasteiger partial charge is 0.335 e. The SMILES string of the molecule is C[C@@H](c1cccc([N+](=O)[O-])c1)N(C)C(=O)c1ccc(F)c(F)c1. The minimum absolute atomic E-state index is 0.00341. The predicted octanol–water partition coefficient (Wildman–Crippen LogP) is 3.71. The lowest BCUT2D eigenvalue weighted by molar-refractivity contribution is -0.384. The Hall–Kier alpha value is -2.83. The summed E-state index contributed by atoms with van der Waals surface area (Å²) in [6.07, 6.45) is 0. The molecule has 120 valence electrons. The summed E-state index contributed by atoms with van der Waals surface area (Å²) in [5.74, 6) is -2.65. The van der Waals surface area contributed by atoms with E-state index in [2.05, 4.69) is 0 Å². The quantitative estimate of drug-likeness (QED) is 0.637. The molecule has 0 saturated heterocycles. The molecule has 23 heavy (non-hydrogen) atoms. The van der Waals surface area contributed by atoms with Gasteiger partial charge >= 0.3 is 0 Å². The minimum Gasteiger partial charge on any atom is -0.335 e. The van der Waals surface area contributed by atoms with Gasteiger partial charge in [0, 0.05) is 24.7 Å². The van der Waals surface area contributed by atoms with Crippen molar-refractivity contribution in [3.63, 3.8) is 0 Å². The molecule has 0 aliphatic rings. The van der Waals surface area contributed by atoms with Crippen LogP contribution in [0.25, 0.3) is 0 Å². The molecular weight excluding hydrogens is 306 g/mol. The Bertz CT molecular complexity index is 765. The van der Waals surface area contributed by atoms with Crippen LogP contribution in [-0.2, 0) is 0 Å². The molecule has 0 heterocycles. The molecule has 0 radical (unpaired) electrons. The predicted molar refractivity (Wildman–Crippen MR) is 80.0 cm³/mol. The van der Waals surface area contributed by atoms with Gasteiger partial charge in [-0.1, -0.05) is 12.1 Å². The van der Waals surface area contributed by atoms with Crippen LogP contribution in [0.5, 0.6) is 0 Å². The normalized spacial score (nSPS) is 11.8. The molecule has 7 heteroatoms. The highest BCUT2D eigenvalue weighted by Gasteiger charge is 2.21. The number of nitro benzene ring substituents is 1. The summed E-state index contributed by atoms with van der Waals surface area (Å²) in [7, 11) is 1.49. The molecule has 0 aliphatic carbocycles. The average Bonchev–Trinajstić information content (AvgIpc) is 2.55. The standard InChI is InChI=1S/C16H14F2N2O3/c1-10(11-4-3-5-13(8-11)20(22)23)19(2)16(21)12-6-7-14(17)15(18)9-12/h3-10H,1-2H3/t10-/m0/s1. The van der Waals surface area contributed by atoms with Gasteiger partial charge in [-0.3, -0.25) is 14.9 Å². The van der Waals surface area contributed by atoms with Crippen LogP contribution < -0.4 is 0 Å². The van der Waals surface area contributed by atoms with E-state index in [1.165, 1.54) is 36.2 Å². The number of carbonyl (C=O) groups excluding carboxylic acids is 1. The third kappa shape index (κ3) is 3.50. The number of nitro groups is 1. The smallest absolute Gasteiger partial charge is 0.269 e. The molecule has 1 atom stereocenters. The highest BCUT2D eigenvalue weighted by atomic mass is 19.2. The second kappa shape index (κ2) is 6.51. The van der Waals surface area contributed by atoms with Crippen LogP contribution in [0.3, 0.4) is 0 Å². The van der Waals surface area contributed by atoms with Gasteiger partial charge in [-0.05, 0) is 30.7 Å². The van der Waals surface area contributed by atoms with Gasteiger partial charge in [0.15, 0.2) is 11.6 Å². The van der Waals surface area contributed by atoms with Gasteiger partial charge in [0.1, 0.15) is 0 Å². The highest BCUT2D eigenvalue weighted by molar-refractivity contribution is 5.94. The van der Waals surface area contributed by atoms with Gasteiger partial charge < -0.3 is 4.90 Å². The van der Waals surface area contributed by atoms with Crippen molar-refractivity contribution in [2.45, 2.75) is 13.0 Å². The maximum Gasteiger partial charge on any atom is 0.269 e. The molecule has 5 nitrogen and oxygen atoms in total. The van der Waals surface area contributed by atoms with Gasteiger partial charge in [-0.25, -0.2) is 8.78 Å². The van der Waals surface area contributed by atoms with Crippen molar-refractivity contribution in [1.82, 2.24) is 4.90 Å². The van der Waals surface area contributed by atoms with E-state index in [4.69, 9.17) is 0 Å². The van der Waals surface area contributed by atoms with Gasteiger partial charge in [0.25, 0.3) is 11.6 Å². The number of amides is 1. The molecule has 0 spiro atoms. The molecule has 0 fully saturated rings. The fraction of sp³-hybridized carbons (Fsp3) is 0.188. The Kier molecular flexibility index (Phi) is 4.68. The van der Waals surface area contributed by atoms with Crippen LogP contribution in [0.2, 0.25) is 0 Å². The summed E-state index contributed by atoms with van der Waals surface area (Å²) >= 11 is 0. The van der Waals surface area contributed by atoms with Crippen molar-refractivity contribution in [2.24, 2.45) is 0 Å². The van der Waals surface area contributed by atoms with E-state index in [0.29, 0.717) is 5.56 Å². The maximum absolute atomic E-state index is 13.2. The Morgan fingerprint density at radius 3 is 2.48 bits per heavy atom. The van der Waals surface area contributed by atoms with Crippen LogP contribution in [0, 0.1) is 21.7 Å². The van der Waals surface area contributed by atoms with Gasteiger partial charge in [0.05, 0.1) is 11.0 Å². The summed E-state index contributed by atoms with van der Waals surface area (Å²) < 4.78 is 26.2. The zero-order chi connectivity index (χ0) is 17.1. The summed E-state index contributed by atoms with van der Waals surface area (Å²) in [5, 5.41) is 10.8. The molecule has 0 N–H and O–H groups in total. The monoisotopic (exact) mass is 320 g/mol. The van der Waals surface area contributed by atoms with Gasteiger partial charge in [-0.2, -0.15) is 0 Å². The van der Waals surface area contributed by atoms with Crippen LogP contribution in [0.1, 0.15) is 28.9 Å². The highest BCUT2D eigenvalue weighted by Crippen LogP contribution is 2.24. The fourth-order valence-corrected chi connectivity index (χ4v) is 2.13. The molecule has 0 aromatic heterocycles. The lowest BCUT2D eigenvalue weighted by atomic mass is 10.1. The van der Waals surface area contributed by atoms with E-state index in [9.17, 15) is 23.7 Å². The van der Waals surface area contributed by atoms with Crippen LogP contribution in [0.15, 0.2) is 42.5 Å². The Morgan fingerprint density at radius 1 is 1.17 bits per heavy atom. The third-order valence-corrected chi connectivity index (χ3v) is 3.63. The topological polar surface area (TPSA) is 63.5 Å². The summed E-state index contributed by atoms with van der Waals surface area (Å²) in [5.41, 5.74) is 0.490. The maximum atomic E-state index is 13.2. The number of benzene rings is 2. The lowest BCUT2D eigenvalue weighted by Gasteiger charge is -2.25. The molecule has 0 aliphatic heterocycles. The molecule has 2 rings (SSSR count). The molecule has 0 unspecified atom stereocenters. The minimum atomic E-state index is -1.10. The van der Waals surface area contributed by atoms with E-state index >= 15 is 0 Å². The Labute approximate surface area is 131 Å². The number of hydrogen-bond acceptors (Lipinski definition) is 3. The number of halogens is 2. The lowest BCUT2D eigenvalue weighted by Crippen LogP contribution is -2.29. The average molecular weight is 320 g/mol. The second-order valence-electron chi connectivity index (χ2n) is 5.07. The van der Waals surface area contributed by atoms with Crippen molar-refractivity contribution in [3.8, 4) is 0 Å². The molecule has 0 saturated carbocycles. The number of nitrogens with zero attached hydrogens (tertiary/aromatic N) is 2. The Balaban J connectivity index is 2.26. The van der Waals surface area contributed by atoms with Crippen molar-refractivity contribution in [3.05, 3.63) is 75.3 Å². The number of rotatable bonds is 4. The molecule has 0 bridgehead atoms. The first-order valence-corrected chi connectivity index (χ1v) is 6.78. The van der Waals surface area contributed by atoms with E-state index in [1.54, 1.807) is 13.0 Å².